The molecule has 0 saturated carbocycles. The van der Waals surface area contributed by atoms with Gasteiger partial charge in [0.05, 0.1) is 6.61 Å². The van der Waals surface area contributed by atoms with Crippen LogP contribution in [0, 0.1) is 6.92 Å². The zero-order chi connectivity index (χ0) is 12.9. The van der Waals surface area contributed by atoms with E-state index in [1.165, 1.54) is 0 Å². The molecule has 1 rings (SSSR count). The van der Waals surface area contributed by atoms with E-state index in [1.807, 2.05) is 0 Å². The number of H-pyrrole nitrogens is 1. The van der Waals surface area contributed by atoms with Crippen molar-refractivity contribution in [1.82, 2.24) is 20.5 Å². The van der Waals surface area contributed by atoms with Gasteiger partial charge < -0.3 is 10.1 Å². The van der Waals surface area contributed by atoms with E-state index in [0.29, 0.717) is 5.82 Å². The van der Waals surface area contributed by atoms with Crippen molar-refractivity contribution in [2.24, 2.45) is 0 Å². The van der Waals surface area contributed by atoms with E-state index in [1.54, 1.807) is 6.92 Å². The third kappa shape index (κ3) is 5.29. The number of carbonyl (C=O) groups is 1. The minimum atomic E-state index is -4.36. The number of ether oxygens (including phenoxy) is 1. The fraction of sp³-hybridized carbons (Fsp3) is 0.625. The number of halogens is 3. The van der Waals surface area contributed by atoms with Gasteiger partial charge >= 0.3 is 6.18 Å². The van der Waals surface area contributed by atoms with E-state index in [2.05, 4.69) is 25.2 Å². The van der Waals surface area contributed by atoms with Gasteiger partial charge in [0.2, 0.25) is 5.82 Å². The van der Waals surface area contributed by atoms with Crippen LogP contribution in [0.3, 0.4) is 0 Å². The Morgan fingerprint density at radius 3 is 2.76 bits per heavy atom. The molecule has 0 saturated heterocycles. The molecular formula is C8H11F3N4O2. The molecule has 0 bridgehead atoms. The molecule has 0 aliphatic carbocycles. The number of hydrogen-bond acceptors (Lipinski definition) is 4. The number of aromatic nitrogens is 3. The molecular weight excluding hydrogens is 241 g/mol. The van der Waals surface area contributed by atoms with Gasteiger partial charge in [0.15, 0.2) is 0 Å². The van der Waals surface area contributed by atoms with Crippen LogP contribution in [0.5, 0.6) is 0 Å². The summed E-state index contributed by atoms with van der Waals surface area (Å²) in [7, 11) is 0. The Morgan fingerprint density at radius 1 is 1.53 bits per heavy atom. The summed E-state index contributed by atoms with van der Waals surface area (Å²) in [5.74, 6) is -0.147. The van der Waals surface area contributed by atoms with Crippen molar-refractivity contribution in [2.45, 2.75) is 13.1 Å². The number of alkyl halides is 3. The maximum absolute atomic E-state index is 11.7. The second-order valence-electron chi connectivity index (χ2n) is 3.17. The van der Waals surface area contributed by atoms with Crippen LogP contribution in [0.2, 0.25) is 0 Å². The summed E-state index contributed by atoms with van der Waals surface area (Å²) in [6.07, 6.45) is -4.36. The largest absolute Gasteiger partial charge is 0.411 e. The normalized spacial score (nSPS) is 11.5. The molecule has 1 amide bonds. The highest BCUT2D eigenvalue weighted by Gasteiger charge is 2.27. The van der Waals surface area contributed by atoms with Crippen LogP contribution in [-0.2, 0) is 4.74 Å². The van der Waals surface area contributed by atoms with Crippen molar-refractivity contribution in [1.29, 1.82) is 0 Å². The maximum atomic E-state index is 11.7. The molecule has 0 fully saturated rings. The summed E-state index contributed by atoms with van der Waals surface area (Å²) < 4.78 is 39.3. The number of hydrogen-bond donors (Lipinski definition) is 2. The number of carbonyl (C=O) groups excluding carboxylic acids is 1. The van der Waals surface area contributed by atoms with Crippen molar-refractivity contribution in [2.75, 3.05) is 19.8 Å². The smallest absolute Gasteiger partial charge is 0.370 e. The Labute approximate surface area is 94.6 Å². The number of nitrogens with zero attached hydrogens (tertiary/aromatic N) is 2. The zero-order valence-electron chi connectivity index (χ0n) is 8.97. The average molecular weight is 252 g/mol. The van der Waals surface area contributed by atoms with Crippen molar-refractivity contribution >= 4 is 5.91 Å². The lowest BCUT2D eigenvalue weighted by Gasteiger charge is -2.07. The Morgan fingerprint density at radius 2 is 2.24 bits per heavy atom. The van der Waals surface area contributed by atoms with Gasteiger partial charge in [0.1, 0.15) is 12.4 Å². The lowest BCUT2D eigenvalue weighted by molar-refractivity contribution is -0.173. The van der Waals surface area contributed by atoms with Crippen LogP contribution in [0.1, 0.15) is 16.4 Å². The number of aromatic amines is 1. The highest BCUT2D eigenvalue weighted by molar-refractivity contribution is 5.90. The zero-order valence-corrected chi connectivity index (χ0v) is 8.97. The molecule has 0 atom stereocenters. The second kappa shape index (κ2) is 5.62. The Kier molecular flexibility index (Phi) is 4.44. The highest BCUT2D eigenvalue weighted by atomic mass is 19.4. The SMILES string of the molecule is Cc1nc(C(=O)NCCOCC(F)(F)F)n[nH]1. The van der Waals surface area contributed by atoms with E-state index in [4.69, 9.17) is 0 Å². The standard InChI is InChI=1S/C8H11F3N4O2/c1-5-13-6(15-14-5)7(16)12-2-3-17-4-8(9,10)11/h2-4H2,1H3,(H,12,16)(H,13,14,15). The quantitative estimate of drug-likeness (QED) is 0.744. The average Bonchev–Trinajstić information content (AvgIpc) is 2.62. The van der Waals surface area contributed by atoms with Gasteiger partial charge in [0, 0.05) is 6.54 Å². The first-order chi connectivity index (χ1) is 7.88. The van der Waals surface area contributed by atoms with Gasteiger partial charge in [-0.1, -0.05) is 0 Å². The van der Waals surface area contributed by atoms with Crippen molar-refractivity contribution in [3.8, 4) is 0 Å². The second-order valence-corrected chi connectivity index (χ2v) is 3.17. The molecule has 0 radical (unpaired) electrons. The van der Waals surface area contributed by atoms with Gasteiger partial charge in [-0.25, -0.2) is 4.98 Å². The Balaban J connectivity index is 2.17. The summed E-state index contributed by atoms with van der Waals surface area (Å²) in [6.45, 7) is 0.0238. The fourth-order valence-corrected chi connectivity index (χ4v) is 0.948. The van der Waals surface area contributed by atoms with Crippen LogP contribution in [0.25, 0.3) is 0 Å². The monoisotopic (exact) mass is 252 g/mol. The van der Waals surface area contributed by atoms with Gasteiger partial charge in [-0.3, -0.25) is 9.89 Å². The Hall–Kier alpha value is -1.64. The van der Waals surface area contributed by atoms with Crippen LogP contribution in [-0.4, -0.2) is 47.0 Å². The number of nitrogens with one attached hydrogen (secondary N) is 2. The first-order valence-electron chi connectivity index (χ1n) is 4.70. The molecule has 9 heteroatoms. The first kappa shape index (κ1) is 13.4. The van der Waals surface area contributed by atoms with Crippen molar-refractivity contribution in [3.05, 3.63) is 11.6 Å². The van der Waals surface area contributed by atoms with E-state index in [-0.39, 0.29) is 19.0 Å². The molecule has 1 heterocycles. The molecule has 0 spiro atoms. The first-order valence-corrected chi connectivity index (χ1v) is 4.70. The van der Waals surface area contributed by atoms with E-state index < -0.39 is 18.7 Å². The topological polar surface area (TPSA) is 79.9 Å². The number of rotatable bonds is 5. The minimum absolute atomic E-state index is 0.0392. The van der Waals surface area contributed by atoms with E-state index in [9.17, 15) is 18.0 Å². The van der Waals surface area contributed by atoms with Gasteiger partial charge in [-0.15, -0.1) is 5.10 Å². The lowest BCUT2D eigenvalue weighted by atomic mass is 10.5. The van der Waals surface area contributed by atoms with Gasteiger partial charge in [-0.05, 0) is 6.92 Å². The summed E-state index contributed by atoms with van der Waals surface area (Å²) in [6, 6.07) is 0. The molecule has 96 valence electrons. The molecule has 0 aliphatic rings. The summed E-state index contributed by atoms with van der Waals surface area (Å²) in [4.78, 5) is 15.0. The van der Waals surface area contributed by atoms with Gasteiger partial charge in [-0.2, -0.15) is 13.2 Å². The molecule has 0 aromatic carbocycles. The van der Waals surface area contributed by atoms with Crippen molar-refractivity contribution in [3.63, 3.8) is 0 Å². The predicted molar refractivity (Wildman–Crippen MR) is 50.3 cm³/mol. The molecule has 1 aromatic rings. The molecule has 6 nitrogen and oxygen atoms in total. The summed E-state index contributed by atoms with van der Waals surface area (Å²) in [5.41, 5.74) is 0. The molecule has 0 unspecified atom stereocenters. The van der Waals surface area contributed by atoms with Crippen LogP contribution in [0.15, 0.2) is 0 Å². The van der Waals surface area contributed by atoms with Crippen LogP contribution < -0.4 is 5.32 Å². The predicted octanol–water partition coefficient (Wildman–Crippen LogP) is 0.422. The maximum Gasteiger partial charge on any atom is 0.411 e. The molecule has 0 aliphatic heterocycles. The van der Waals surface area contributed by atoms with Crippen LogP contribution in [0.4, 0.5) is 13.2 Å². The lowest BCUT2D eigenvalue weighted by Crippen LogP contribution is -2.29. The minimum Gasteiger partial charge on any atom is -0.370 e. The van der Waals surface area contributed by atoms with Crippen molar-refractivity contribution < 1.29 is 22.7 Å². The van der Waals surface area contributed by atoms with E-state index >= 15 is 0 Å². The Bertz CT molecular complexity index is 377. The summed E-state index contributed by atoms with van der Waals surface area (Å²) >= 11 is 0. The molecule has 2 N–H and O–H groups in total. The third-order valence-electron chi connectivity index (χ3n) is 1.60. The number of aryl methyl sites for hydroxylation is 1. The molecule has 17 heavy (non-hydrogen) atoms. The third-order valence-corrected chi connectivity index (χ3v) is 1.60. The summed E-state index contributed by atoms with van der Waals surface area (Å²) in [5, 5.41) is 8.38. The molecule has 1 aromatic heterocycles. The highest BCUT2D eigenvalue weighted by Crippen LogP contribution is 2.13. The van der Waals surface area contributed by atoms with E-state index in [0.717, 1.165) is 0 Å². The fourth-order valence-electron chi connectivity index (χ4n) is 0.948. The number of amides is 1. The van der Waals surface area contributed by atoms with Crippen LogP contribution >= 0.6 is 0 Å². The van der Waals surface area contributed by atoms with Gasteiger partial charge in [0.25, 0.3) is 5.91 Å².